The molecule has 0 aliphatic heterocycles. The van der Waals surface area contributed by atoms with Crippen LogP contribution in [0.2, 0.25) is 0 Å². The van der Waals surface area contributed by atoms with E-state index in [9.17, 15) is 19.7 Å². The number of nitro groups is 1. The highest BCUT2D eigenvalue weighted by molar-refractivity contribution is 8.00. The standard InChI is InChI=1S/C25H22N4O5S2/c1-3-21(24(31)28-25-27-20-11-10-18(34-2)14-22(20)36-25)35-19-9-5-7-16(13-19)26-23(30)15-6-4-8-17(12-15)29(32)33/h4-14,21H,3H2,1-2H3,(H,26,30)(H,27,28,31). The third-order valence-corrected chi connectivity index (χ3v) is 7.47. The fraction of sp³-hybridized carbons (Fsp3) is 0.160. The van der Waals surface area contributed by atoms with Gasteiger partial charge in [-0.3, -0.25) is 19.7 Å². The van der Waals surface area contributed by atoms with Gasteiger partial charge in [0.15, 0.2) is 5.13 Å². The molecule has 1 atom stereocenters. The summed E-state index contributed by atoms with van der Waals surface area (Å²) in [5.41, 5.74) is 1.33. The number of nitrogens with zero attached hydrogens (tertiary/aromatic N) is 2. The van der Waals surface area contributed by atoms with Crippen LogP contribution in [0.4, 0.5) is 16.5 Å². The van der Waals surface area contributed by atoms with Crippen LogP contribution in [0.25, 0.3) is 10.2 Å². The summed E-state index contributed by atoms with van der Waals surface area (Å²) in [5, 5.41) is 16.8. The first kappa shape index (κ1) is 25.1. The van der Waals surface area contributed by atoms with Crippen LogP contribution >= 0.6 is 23.1 Å². The van der Waals surface area contributed by atoms with Gasteiger partial charge in [0.05, 0.1) is 27.5 Å². The van der Waals surface area contributed by atoms with Gasteiger partial charge in [-0.05, 0) is 48.9 Å². The highest BCUT2D eigenvalue weighted by atomic mass is 32.2. The number of amides is 2. The lowest BCUT2D eigenvalue weighted by atomic mass is 10.2. The number of thiazole rings is 1. The maximum atomic E-state index is 13.0. The minimum atomic E-state index is -0.546. The maximum Gasteiger partial charge on any atom is 0.270 e. The van der Waals surface area contributed by atoms with Crippen molar-refractivity contribution in [2.24, 2.45) is 0 Å². The lowest BCUT2D eigenvalue weighted by Crippen LogP contribution is -2.24. The molecule has 36 heavy (non-hydrogen) atoms. The molecule has 0 saturated carbocycles. The van der Waals surface area contributed by atoms with Crippen LogP contribution in [0, 0.1) is 10.1 Å². The quantitative estimate of drug-likeness (QED) is 0.158. The predicted molar refractivity (Wildman–Crippen MR) is 142 cm³/mol. The van der Waals surface area contributed by atoms with Crippen molar-refractivity contribution < 1.29 is 19.2 Å². The summed E-state index contributed by atoms with van der Waals surface area (Å²) < 4.78 is 6.16. The van der Waals surface area contributed by atoms with Crippen LogP contribution < -0.4 is 15.4 Å². The molecular formula is C25H22N4O5S2. The van der Waals surface area contributed by atoms with E-state index >= 15 is 0 Å². The van der Waals surface area contributed by atoms with Crippen molar-refractivity contribution in [2.75, 3.05) is 17.7 Å². The highest BCUT2D eigenvalue weighted by Crippen LogP contribution is 2.32. The topological polar surface area (TPSA) is 123 Å². The van der Waals surface area contributed by atoms with Crippen LogP contribution in [0.15, 0.2) is 71.6 Å². The monoisotopic (exact) mass is 522 g/mol. The van der Waals surface area contributed by atoms with Crippen molar-refractivity contribution in [3.63, 3.8) is 0 Å². The van der Waals surface area contributed by atoms with E-state index in [1.165, 1.54) is 47.4 Å². The first-order chi connectivity index (χ1) is 17.4. The molecule has 0 spiro atoms. The Morgan fingerprint density at radius 3 is 2.67 bits per heavy atom. The Hall–Kier alpha value is -3.96. The molecule has 0 fully saturated rings. The number of carbonyl (C=O) groups excluding carboxylic acids is 2. The number of carbonyl (C=O) groups is 2. The molecule has 1 heterocycles. The van der Waals surface area contributed by atoms with Gasteiger partial charge in [-0.1, -0.05) is 30.4 Å². The molecule has 11 heteroatoms. The van der Waals surface area contributed by atoms with E-state index in [2.05, 4.69) is 15.6 Å². The summed E-state index contributed by atoms with van der Waals surface area (Å²) in [4.78, 5) is 41.3. The van der Waals surface area contributed by atoms with E-state index in [0.29, 0.717) is 17.2 Å². The van der Waals surface area contributed by atoms with Gasteiger partial charge in [0.1, 0.15) is 5.75 Å². The van der Waals surface area contributed by atoms with Crippen molar-refractivity contribution in [3.8, 4) is 5.75 Å². The second-order valence-corrected chi connectivity index (χ2v) is 9.95. The molecule has 4 rings (SSSR count). The molecule has 184 valence electrons. The molecular weight excluding hydrogens is 500 g/mol. The first-order valence-corrected chi connectivity index (χ1v) is 12.6. The lowest BCUT2D eigenvalue weighted by Gasteiger charge is -2.14. The second kappa shape index (κ2) is 11.2. The van der Waals surface area contributed by atoms with Crippen LogP contribution in [0.1, 0.15) is 23.7 Å². The number of hydrogen-bond donors (Lipinski definition) is 2. The summed E-state index contributed by atoms with van der Waals surface area (Å²) in [6, 6.07) is 18.2. The molecule has 4 aromatic rings. The normalized spacial score (nSPS) is 11.6. The Kier molecular flexibility index (Phi) is 7.81. The molecule has 1 aromatic heterocycles. The summed E-state index contributed by atoms with van der Waals surface area (Å²) in [6.07, 6.45) is 0.583. The maximum absolute atomic E-state index is 13.0. The minimum absolute atomic E-state index is 0.156. The molecule has 0 radical (unpaired) electrons. The SMILES string of the molecule is CCC(Sc1cccc(NC(=O)c2cccc([N+](=O)[O-])c2)c1)C(=O)Nc1nc2ccc(OC)cc2s1. The molecule has 1 unspecified atom stereocenters. The lowest BCUT2D eigenvalue weighted by molar-refractivity contribution is -0.384. The predicted octanol–water partition coefficient (Wildman–Crippen LogP) is 5.97. The zero-order chi connectivity index (χ0) is 25.7. The zero-order valence-corrected chi connectivity index (χ0v) is 21.0. The molecule has 2 amide bonds. The summed E-state index contributed by atoms with van der Waals surface area (Å²) >= 11 is 2.75. The number of non-ortho nitro benzene ring substituents is 1. The second-order valence-electron chi connectivity index (χ2n) is 7.65. The number of thioether (sulfide) groups is 1. The molecule has 2 N–H and O–H groups in total. The molecule has 0 aliphatic rings. The number of rotatable bonds is 9. The van der Waals surface area contributed by atoms with Gasteiger partial charge in [-0.15, -0.1) is 11.8 Å². The first-order valence-electron chi connectivity index (χ1n) is 10.9. The Morgan fingerprint density at radius 2 is 1.92 bits per heavy atom. The van der Waals surface area contributed by atoms with Gasteiger partial charge in [0.2, 0.25) is 5.91 Å². The van der Waals surface area contributed by atoms with Crippen molar-refractivity contribution in [1.29, 1.82) is 0 Å². The Balaban J connectivity index is 1.42. The van der Waals surface area contributed by atoms with Gasteiger partial charge in [-0.25, -0.2) is 4.98 Å². The van der Waals surface area contributed by atoms with Gasteiger partial charge >= 0.3 is 0 Å². The van der Waals surface area contributed by atoms with Crippen molar-refractivity contribution in [2.45, 2.75) is 23.5 Å². The van der Waals surface area contributed by atoms with Gasteiger partial charge in [-0.2, -0.15) is 0 Å². The number of nitrogens with one attached hydrogen (secondary N) is 2. The van der Waals surface area contributed by atoms with E-state index in [0.717, 1.165) is 20.9 Å². The molecule has 0 bridgehead atoms. The number of anilines is 2. The summed E-state index contributed by atoms with van der Waals surface area (Å²) in [5.74, 6) is 0.0983. The average Bonchev–Trinajstić information content (AvgIpc) is 3.28. The fourth-order valence-corrected chi connectivity index (χ4v) is 5.28. The van der Waals surface area contributed by atoms with E-state index in [1.807, 2.05) is 31.2 Å². The van der Waals surface area contributed by atoms with Gasteiger partial charge in [0, 0.05) is 28.3 Å². The molecule has 0 saturated heterocycles. The molecule has 3 aromatic carbocycles. The van der Waals surface area contributed by atoms with Crippen molar-refractivity contribution >= 4 is 61.6 Å². The van der Waals surface area contributed by atoms with Gasteiger partial charge in [0.25, 0.3) is 11.6 Å². The number of fused-ring (bicyclic) bond motifs is 1. The van der Waals surface area contributed by atoms with Crippen molar-refractivity contribution in [1.82, 2.24) is 4.98 Å². The summed E-state index contributed by atoms with van der Waals surface area (Å²) in [6.45, 7) is 1.92. The average molecular weight is 523 g/mol. The fourth-order valence-electron chi connectivity index (χ4n) is 3.37. The number of ether oxygens (including phenoxy) is 1. The number of nitro benzene ring substituents is 1. The van der Waals surface area contributed by atoms with Gasteiger partial charge < -0.3 is 15.4 Å². The van der Waals surface area contributed by atoms with Crippen molar-refractivity contribution in [3.05, 3.63) is 82.4 Å². The Labute approximate surface area is 215 Å². The molecule has 0 aliphatic carbocycles. The Bertz CT molecular complexity index is 1440. The smallest absolute Gasteiger partial charge is 0.270 e. The highest BCUT2D eigenvalue weighted by Gasteiger charge is 2.20. The van der Waals surface area contributed by atoms with Crippen LogP contribution in [-0.4, -0.2) is 34.1 Å². The third-order valence-electron chi connectivity index (χ3n) is 5.18. The van der Waals surface area contributed by atoms with Crippen LogP contribution in [-0.2, 0) is 4.79 Å². The van der Waals surface area contributed by atoms with E-state index in [1.54, 1.807) is 25.3 Å². The van der Waals surface area contributed by atoms with E-state index < -0.39 is 10.8 Å². The number of benzene rings is 3. The largest absolute Gasteiger partial charge is 0.497 e. The number of methoxy groups -OCH3 is 1. The van der Waals surface area contributed by atoms with Crippen LogP contribution in [0.3, 0.4) is 0 Å². The third kappa shape index (κ3) is 5.99. The zero-order valence-electron chi connectivity index (χ0n) is 19.4. The minimum Gasteiger partial charge on any atom is -0.497 e. The van der Waals surface area contributed by atoms with E-state index in [-0.39, 0.29) is 22.4 Å². The Morgan fingerprint density at radius 1 is 1.11 bits per heavy atom. The number of aromatic nitrogens is 1. The van der Waals surface area contributed by atoms with Crippen LogP contribution in [0.5, 0.6) is 5.75 Å². The van der Waals surface area contributed by atoms with E-state index in [4.69, 9.17) is 4.74 Å². The molecule has 9 nitrogen and oxygen atoms in total. The summed E-state index contributed by atoms with van der Waals surface area (Å²) in [7, 11) is 1.60. The number of hydrogen-bond acceptors (Lipinski definition) is 8.